The molecule has 51 heavy (non-hydrogen) atoms. The summed E-state index contributed by atoms with van der Waals surface area (Å²) in [5.41, 5.74) is 9.38. The maximum atomic E-state index is 6.64. The van der Waals surface area contributed by atoms with Crippen LogP contribution < -0.4 is 0 Å². The van der Waals surface area contributed by atoms with Crippen LogP contribution in [-0.4, -0.2) is 16.7 Å². The van der Waals surface area contributed by atoms with Crippen LogP contribution in [0.25, 0.3) is 71.3 Å². The largest absolute Gasteiger partial charge is 0.454 e. The molecule has 0 saturated heterocycles. The molecule has 0 radical (unpaired) electrons. The third-order valence-corrected chi connectivity index (χ3v) is 9.64. The quantitative estimate of drug-likeness (QED) is 0.174. The average molecular weight is 654 g/mol. The molecule has 2 aromatic heterocycles. The number of nitrogens with zero attached hydrogens (tertiary/aromatic N) is 4. The zero-order valence-corrected chi connectivity index (χ0v) is 27.4. The van der Waals surface area contributed by atoms with E-state index in [1.54, 1.807) is 0 Å². The number of aromatic nitrogens is 1. The van der Waals surface area contributed by atoms with Gasteiger partial charge in [-0.05, 0) is 56.8 Å². The molecular weight excluding hydrogens is 625 g/mol. The molecule has 0 amide bonds. The van der Waals surface area contributed by atoms with Crippen LogP contribution in [0.15, 0.2) is 184 Å². The van der Waals surface area contributed by atoms with Crippen LogP contribution in [0.4, 0.5) is 0 Å². The molecule has 10 rings (SSSR count). The van der Waals surface area contributed by atoms with Gasteiger partial charge in [0.25, 0.3) is 0 Å². The summed E-state index contributed by atoms with van der Waals surface area (Å²) >= 11 is 0. The summed E-state index contributed by atoms with van der Waals surface area (Å²) in [5.74, 6) is 1.27. The molecule has 0 fully saturated rings. The van der Waals surface area contributed by atoms with Crippen molar-refractivity contribution in [2.75, 3.05) is 0 Å². The van der Waals surface area contributed by atoms with Crippen molar-refractivity contribution in [2.45, 2.75) is 6.17 Å². The number of hydrogen-bond acceptors (Lipinski definition) is 4. The standard InChI is InChI=1S/C46H29N4O/c1-3-12-29(13-4-1)30-22-24-33(25-23-30)45-48-44(32-15-5-2-6-16-32)49-46(50-45)35-18-11-17-34(28-35)42-43-41(37-20-9-10-21-39(37)51-43)40-36-19-8-7-14-31(36)26-27-38(40)47-42/h1-28,45H/q-1. The van der Waals surface area contributed by atoms with E-state index in [-0.39, 0.29) is 0 Å². The van der Waals surface area contributed by atoms with E-state index in [0.29, 0.717) is 11.7 Å². The molecule has 0 aliphatic carbocycles. The van der Waals surface area contributed by atoms with Crippen molar-refractivity contribution in [2.24, 2.45) is 9.98 Å². The Bertz CT molecular complexity index is 2820. The minimum absolute atomic E-state index is 0.449. The van der Waals surface area contributed by atoms with E-state index in [1.807, 2.05) is 54.6 Å². The van der Waals surface area contributed by atoms with E-state index in [2.05, 4.69) is 115 Å². The van der Waals surface area contributed by atoms with Crippen molar-refractivity contribution in [3.05, 3.63) is 192 Å². The van der Waals surface area contributed by atoms with Crippen molar-refractivity contribution in [1.29, 1.82) is 0 Å². The van der Waals surface area contributed by atoms with Gasteiger partial charge in [0.15, 0.2) is 5.58 Å². The Labute approximate surface area is 294 Å². The molecule has 1 atom stereocenters. The number of benzene rings is 7. The molecule has 0 spiro atoms. The first-order valence-corrected chi connectivity index (χ1v) is 17.1. The van der Waals surface area contributed by atoms with Crippen LogP contribution >= 0.6 is 0 Å². The average Bonchev–Trinajstić information content (AvgIpc) is 3.61. The Morgan fingerprint density at radius 1 is 0.510 bits per heavy atom. The first kappa shape index (κ1) is 29.1. The highest BCUT2D eigenvalue weighted by Crippen LogP contribution is 2.42. The van der Waals surface area contributed by atoms with Crippen LogP contribution in [0, 0.1) is 0 Å². The number of amidine groups is 2. The molecule has 5 nitrogen and oxygen atoms in total. The van der Waals surface area contributed by atoms with E-state index < -0.39 is 6.17 Å². The molecule has 9 aromatic rings. The predicted octanol–water partition coefficient (Wildman–Crippen LogP) is 11.9. The normalized spacial score (nSPS) is 14.5. The summed E-state index contributed by atoms with van der Waals surface area (Å²) in [4.78, 5) is 15.4. The number of hydrogen-bond donors (Lipinski definition) is 0. The Hall–Kier alpha value is -6.85. The van der Waals surface area contributed by atoms with E-state index >= 15 is 0 Å². The SMILES string of the molecule is c1ccc(C2=NC(c3ccc(-c4ccccc4)cc3)[N-]C(c3cccc(-c4nc5ccc6ccccc6c5c5c4oc4ccccc45)c3)=N2)cc1. The highest BCUT2D eigenvalue weighted by molar-refractivity contribution is 6.28. The van der Waals surface area contributed by atoms with Crippen LogP contribution in [0.2, 0.25) is 0 Å². The topological polar surface area (TPSA) is 64.8 Å². The smallest absolute Gasteiger partial charge is 0.162 e. The van der Waals surface area contributed by atoms with Crippen molar-refractivity contribution in [1.82, 2.24) is 4.98 Å². The Morgan fingerprint density at radius 3 is 2.00 bits per heavy atom. The molecule has 1 unspecified atom stereocenters. The zero-order valence-electron chi connectivity index (χ0n) is 27.4. The molecule has 3 heterocycles. The minimum atomic E-state index is -0.449. The van der Waals surface area contributed by atoms with E-state index in [1.165, 1.54) is 10.9 Å². The summed E-state index contributed by atoms with van der Waals surface area (Å²) in [6.45, 7) is 0. The van der Waals surface area contributed by atoms with Crippen LogP contribution in [0.3, 0.4) is 0 Å². The maximum Gasteiger partial charge on any atom is 0.162 e. The number of rotatable bonds is 5. The van der Waals surface area contributed by atoms with Gasteiger partial charge in [-0.1, -0.05) is 157 Å². The lowest BCUT2D eigenvalue weighted by atomic mass is 9.98. The van der Waals surface area contributed by atoms with Gasteiger partial charge >= 0.3 is 0 Å². The summed E-state index contributed by atoms with van der Waals surface area (Å²) in [5, 5.41) is 10.7. The molecular formula is C46H29N4O-. The zero-order chi connectivity index (χ0) is 33.7. The number of fused-ring (bicyclic) bond motifs is 7. The fraction of sp³-hybridized carbons (Fsp3) is 0.0217. The van der Waals surface area contributed by atoms with Crippen LogP contribution in [0.5, 0.6) is 0 Å². The second-order valence-corrected chi connectivity index (χ2v) is 12.8. The lowest BCUT2D eigenvalue weighted by molar-refractivity contribution is 0.669. The van der Waals surface area contributed by atoms with Gasteiger partial charge in [0, 0.05) is 21.7 Å². The van der Waals surface area contributed by atoms with Gasteiger partial charge in [-0.15, -0.1) is 0 Å². The van der Waals surface area contributed by atoms with Crippen molar-refractivity contribution < 1.29 is 4.42 Å². The molecule has 1 aliphatic heterocycles. The van der Waals surface area contributed by atoms with E-state index in [4.69, 9.17) is 24.7 Å². The third-order valence-electron chi connectivity index (χ3n) is 9.64. The molecule has 0 saturated carbocycles. The Morgan fingerprint density at radius 2 is 1.18 bits per heavy atom. The second-order valence-electron chi connectivity index (χ2n) is 12.8. The molecule has 240 valence electrons. The van der Waals surface area contributed by atoms with Crippen molar-refractivity contribution in [3.8, 4) is 22.4 Å². The second kappa shape index (κ2) is 11.9. The summed E-state index contributed by atoms with van der Waals surface area (Å²) in [7, 11) is 0. The molecule has 5 heteroatoms. The summed E-state index contributed by atoms with van der Waals surface area (Å²) in [6.07, 6.45) is -0.449. The molecule has 0 N–H and O–H groups in total. The Balaban J connectivity index is 1.11. The van der Waals surface area contributed by atoms with Gasteiger partial charge < -0.3 is 14.7 Å². The maximum absolute atomic E-state index is 6.64. The molecule has 0 bridgehead atoms. The highest BCUT2D eigenvalue weighted by Gasteiger charge is 2.20. The van der Waals surface area contributed by atoms with Gasteiger partial charge in [-0.3, -0.25) is 4.99 Å². The lowest BCUT2D eigenvalue weighted by Gasteiger charge is -2.32. The molecule has 7 aromatic carbocycles. The highest BCUT2D eigenvalue weighted by atomic mass is 16.3. The van der Waals surface area contributed by atoms with Crippen LogP contribution in [-0.2, 0) is 0 Å². The van der Waals surface area contributed by atoms with E-state index in [9.17, 15) is 0 Å². The first-order valence-electron chi connectivity index (χ1n) is 17.1. The number of furan rings is 1. The van der Waals surface area contributed by atoms with Crippen LogP contribution in [0.1, 0.15) is 22.9 Å². The summed E-state index contributed by atoms with van der Waals surface area (Å²) < 4.78 is 6.64. The van der Waals surface area contributed by atoms with Gasteiger partial charge in [0.05, 0.1) is 17.5 Å². The minimum Gasteiger partial charge on any atom is -0.454 e. The number of para-hydroxylation sites is 1. The van der Waals surface area contributed by atoms with Gasteiger partial charge in [-0.2, -0.15) is 0 Å². The monoisotopic (exact) mass is 653 g/mol. The molecule has 1 aliphatic rings. The van der Waals surface area contributed by atoms with E-state index in [0.717, 1.165) is 71.7 Å². The lowest BCUT2D eigenvalue weighted by Crippen LogP contribution is -2.16. The van der Waals surface area contributed by atoms with Crippen molar-refractivity contribution in [3.63, 3.8) is 0 Å². The summed E-state index contributed by atoms with van der Waals surface area (Å²) in [6, 6.07) is 58.3. The van der Waals surface area contributed by atoms with Gasteiger partial charge in [0.2, 0.25) is 0 Å². The van der Waals surface area contributed by atoms with Crippen molar-refractivity contribution >= 4 is 55.3 Å². The first-order chi connectivity index (χ1) is 25.3. The van der Waals surface area contributed by atoms with Gasteiger partial charge in [0.1, 0.15) is 11.3 Å². The predicted molar refractivity (Wildman–Crippen MR) is 209 cm³/mol. The fourth-order valence-corrected chi connectivity index (χ4v) is 7.16. The third kappa shape index (κ3) is 5.06. The van der Waals surface area contributed by atoms with Gasteiger partial charge in [-0.25, -0.2) is 4.98 Å². The Kier molecular flexibility index (Phi) is 6.81. The fourth-order valence-electron chi connectivity index (χ4n) is 7.16. The number of pyridine rings is 1. The number of aliphatic imine (C=N–C) groups is 2.